The van der Waals surface area contributed by atoms with Crippen molar-refractivity contribution in [3.05, 3.63) is 30.5 Å². The number of hydrogen-bond acceptors (Lipinski definition) is 6. The molecule has 1 saturated carbocycles. The van der Waals surface area contributed by atoms with Crippen LogP contribution in [-0.2, 0) is 4.79 Å². The Morgan fingerprint density at radius 2 is 1.93 bits per heavy atom. The molecule has 29 heavy (non-hydrogen) atoms. The third kappa shape index (κ3) is 3.61. The van der Waals surface area contributed by atoms with E-state index in [9.17, 15) is 4.79 Å². The Kier molecular flexibility index (Phi) is 5.06. The minimum Gasteiger partial charge on any atom is -0.495 e. The second kappa shape index (κ2) is 7.54. The molecule has 1 N–H and O–H groups in total. The highest BCUT2D eigenvalue weighted by Crippen LogP contribution is 2.40. The monoisotopic (exact) mass is 395 g/mol. The predicted molar refractivity (Wildman–Crippen MR) is 115 cm³/mol. The summed E-state index contributed by atoms with van der Waals surface area (Å²) in [5.74, 6) is 2.14. The maximum atomic E-state index is 13.1. The maximum absolute atomic E-state index is 13.1. The Hall–Kier alpha value is -2.83. The van der Waals surface area contributed by atoms with E-state index in [4.69, 9.17) is 9.72 Å². The van der Waals surface area contributed by atoms with Gasteiger partial charge in [-0.05, 0) is 38.8 Å². The van der Waals surface area contributed by atoms with Gasteiger partial charge in [-0.15, -0.1) is 0 Å². The molecular formula is C22H29N5O2. The lowest BCUT2D eigenvalue weighted by Gasteiger charge is -2.34. The van der Waals surface area contributed by atoms with E-state index in [0.717, 1.165) is 35.8 Å². The van der Waals surface area contributed by atoms with E-state index < -0.39 is 5.41 Å². The van der Waals surface area contributed by atoms with Gasteiger partial charge in [0.25, 0.3) is 0 Å². The van der Waals surface area contributed by atoms with Gasteiger partial charge in [0.2, 0.25) is 11.9 Å². The number of methoxy groups -OCH3 is 1. The summed E-state index contributed by atoms with van der Waals surface area (Å²) in [7, 11) is 3.46. The van der Waals surface area contributed by atoms with Crippen molar-refractivity contribution in [2.24, 2.45) is 5.41 Å². The summed E-state index contributed by atoms with van der Waals surface area (Å²) in [6.45, 7) is 4.68. The second-order valence-corrected chi connectivity index (χ2v) is 8.54. The van der Waals surface area contributed by atoms with E-state index in [1.165, 1.54) is 12.8 Å². The van der Waals surface area contributed by atoms with Crippen LogP contribution in [0, 0.1) is 5.41 Å². The quantitative estimate of drug-likeness (QED) is 0.844. The minimum atomic E-state index is -0.492. The molecule has 7 heteroatoms. The molecule has 2 aromatic rings. The predicted octanol–water partition coefficient (Wildman–Crippen LogP) is 3.98. The molecule has 1 aliphatic heterocycles. The maximum Gasteiger partial charge on any atom is 0.234 e. The van der Waals surface area contributed by atoms with E-state index in [1.807, 2.05) is 45.2 Å². The normalized spacial score (nSPS) is 19.1. The van der Waals surface area contributed by atoms with Gasteiger partial charge in [-0.3, -0.25) is 4.79 Å². The molecule has 1 fully saturated rings. The molecule has 0 saturated heterocycles. The number of benzene rings is 1. The molecule has 1 aromatic heterocycles. The van der Waals surface area contributed by atoms with Crippen molar-refractivity contribution in [3.63, 3.8) is 0 Å². The first-order valence-corrected chi connectivity index (χ1v) is 10.2. The summed E-state index contributed by atoms with van der Waals surface area (Å²) in [6.07, 6.45) is 6.46. The van der Waals surface area contributed by atoms with Crippen molar-refractivity contribution in [1.29, 1.82) is 0 Å². The number of nitrogens with zero attached hydrogens (tertiary/aromatic N) is 4. The Bertz CT molecular complexity index is 908. The highest BCUT2D eigenvalue weighted by atomic mass is 16.5. The van der Waals surface area contributed by atoms with E-state index in [0.29, 0.717) is 18.5 Å². The van der Waals surface area contributed by atoms with Gasteiger partial charge in [0.1, 0.15) is 11.4 Å². The Balaban J connectivity index is 1.76. The van der Waals surface area contributed by atoms with Crippen molar-refractivity contribution in [1.82, 2.24) is 9.97 Å². The number of para-hydroxylation sites is 2. The van der Waals surface area contributed by atoms with Gasteiger partial charge in [0.05, 0.1) is 24.4 Å². The molecule has 1 aromatic carbocycles. The van der Waals surface area contributed by atoms with E-state index in [2.05, 4.69) is 15.2 Å². The van der Waals surface area contributed by atoms with Crippen LogP contribution in [0.3, 0.4) is 0 Å². The molecule has 0 bridgehead atoms. The van der Waals surface area contributed by atoms with Gasteiger partial charge in [-0.25, -0.2) is 4.98 Å². The first-order valence-electron chi connectivity index (χ1n) is 10.2. The molecule has 0 unspecified atom stereocenters. The fraction of sp³-hybridized carbons (Fsp3) is 0.500. The molecule has 1 amide bonds. The number of carbonyl (C=O) groups is 1. The van der Waals surface area contributed by atoms with Crippen LogP contribution < -0.4 is 19.9 Å². The molecule has 154 valence electrons. The van der Waals surface area contributed by atoms with Crippen molar-refractivity contribution in [2.75, 3.05) is 35.8 Å². The number of carbonyl (C=O) groups excluding carboxylic acids is 1. The van der Waals surface area contributed by atoms with Crippen molar-refractivity contribution < 1.29 is 9.53 Å². The van der Waals surface area contributed by atoms with Crippen LogP contribution in [-0.4, -0.2) is 42.6 Å². The van der Waals surface area contributed by atoms with Crippen LogP contribution in [0.5, 0.6) is 5.75 Å². The Labute approximate surface area is 172 Å². The molecular weight excluding hydrogens is 366 g/mol. The number of fused-ring (bicyclic) bond motifs is 1. The zero-order valence-electron chi connectivity index (χ0n) is 17.6. The molecule has 0 atom stereocenters. The van der Waals surface area contributed by atoms with Gasteiger partial charge >= 0.3 is 0 Å². The molecule has 1 aliphatic carbocycles. The highest BCUT2D eigenvalue weighted by molar-refractivity contribution is 6.00. The summed E-state index contributed by atoms with van der Waals surface area (Å²) in [5.41, 5.74) is 1.08. The average molecular weight is 396 g/mol. The molecule has 0 radical (unpaired) electrons. The zero-order valence-corrected chi connectivity index (χ0v) is 17.6. The number of rotatable bonds is 4. The van der Waals surface area contributed by atoms with Gasteiger partial charge in [0.15, 0.2) is 5.82 Å². The molecule has 2 aliphatic rings. The number of hydrogen-bond donors (Lipinski definition) is 1. The lowest BCUT2D eigenvalue weighted by Crippen LogP contribution is -2.45. The van der Waals surface area contributed by atoms with Crippen LogP contribution in [0.15, 0.2) is 30.5 Å². The van der Waals surface area contributed by atoms with Gasteiger partial charge < -0.3 is 19.9 Å². The Morgan fingerprint density at radius 1 is 1.21 bits per heavy atom. The third-order valence-electron chi connectivity index (χ3n) is 5.95. The summed E-state index contributed by atoms with van der Waals surface area (Å²) < 4.78 is 5.43. The fourth-order valence-corrected chi connectivity index (χ4v) is 4.39. The SMILES string of the molecule is COc1ccccc1Nc1ncc2c(n1)N(C1CCCC1)CC(C)(C)C(=O)N2C. The summed E-state index contributed by atoms with van der Waals surface area (Å²) in [5, 5.41) is 3.27. The molecule has 4 rings (SSSR count). The number of anilines is 4. The number of amides is 1. The summed E-state index contributed by atoms with van der Waals surface area (Å²) >= 11 is 0. The first kappa shape index (κ1) is 19.5. The van der Waals surface area contributed by atoms with Crippen LogP contribution in [0.25, 0.3) is 0 Å². The molecule has 2 heterocycles. The lowest BCUT2D eigenvalue weighted by molar-refractivity contribution is -0.125. The van der Waals surface area contributed by atoms with Crippen LogP contribution >= 0.6 is 0 Å². The summed E-state index contributed by atoms with van der Waals surface area (Å²) in [4.78, 5) is 26.5. The highest BCUT2D eigenvalue weighted by Gasteiger charge is 2.41. The average Bonchev–Trinajstić information content (AvgIpc) is 3.24. The first-order chi connectivity index (χ1) is 13.9. The lowest BCUT2D eigenvalue weighted by atomic mass is 9.91. The van der Waals surface area contributed by atoms with Gasteiger partial charge in [0, 0.05) is 19.6 Å². The van der Waals surface area contributed by atoms with Crippen LogP contribution in [0.1, 0.15) is 39.5 Å². The van der Waals surface area contributed by atoms with Crippen LogP contribution in [0.2, 0.25) is 0 Å². The number of aromatic nitrogens is 2. The van der Waals surface area contributed by atoms with Gasteiger partial charge in [-0.2, -0.15) is 4.98 Å². The van der Waals surface area contributed by atoms with E-state index >= 15 is 0 Å². The smallest absolute Gasteiger partial charge is 0.234 e. The van der Waals surface area contributed by atoms with Crippen molar-refractivity contribution >= 4 is 29.0 Å². The zero-order chi connectivity index (χ0) is 20.6. The molecule has 7 nitrogen and oxygen atoms in total. The summed E-state index contributed by atoms with van der Waals surface area (Å²) in [6, 6.07) is 8.09. The number of nitrogens with one attached hydrogen (secondary N) is 1. The van der Waals surface area contributed by atoms with E-state index in [1.54, 1.807) is 18.2 Å². The van der Waals surface area contributed by atoms with Crippen molar-refractivity contribution in [2.45, 2.75) is 45.6 Å². The largest absolute Gasteiger partial charge is 0.495 e. The van der Waals surface area contributed by atoms with E-state index in [-0.39, 0.29) is 5.91 Å². The second-order valence-electron chi connectivity index (χ2n) is 8.54. The Morgan fingerprint density at radius 3 is 2.66 bits per heavy atom. The fourth-order valence-electron chi connectivity index (χ4n) is 4.39. The topological polar surface area (TPSA) is 70.6 Å². The standard InChI is InChI=1S/C22H29N5O2/c1-22(2)14-27(15-9-5-6-10-15)19-17(26(3)20(22)28)13-23-21(25-19)24-16-11-7-8-12-18(16)29-4/h7-8,11-13,15H,5-6,9-10,14H2,1-4H3,(H,23,24,25). The third-order valence-corrected chi connectivity index (χ3v) is 5.95. The van der Waals surface area contributed by atoms with Crippen molar-refractivity contribution in [3.8, 4) is 5.75 Å². The molecule has 0 spiro atoms. The number of ether oxygens (including phenoxy) is 1. The van der Waals surface area contributed by atoms with Gasteiger partial charge in [-0.1, -0.05) is 25.0 Å². The van der Waals surface area contributed by atoms with Crippen LogP contribution in [0.4, 0.5) is 23.1 Å². The minimum absolute atomic E-state index is 0.0910.